The van der Waals surface area contributed by atoms with Crippen molar-refractivity contribution in [2.75, 3.05) is 13.1 Å². The molecule has 0 atom stereocenters. The van der Waals surface area contributed by atoms with E-state index in [0.29, 0.717) is 12.0 Å². The lowest BCUT2D eigenvalue weighted by Crippen LogP contribution is -2.49. The highest BCUT2D eigenvalue weighted by molar-refractivity contribution is 6.01. The van der Waals surface area contributed by atoms with Gasteiger partial charge in [-0.2, -0.15) is 0 Å². The van der Waals surface area contributed by atoms with E-state index in [1.54, 1.807) is 0 Å². The van der Waals surface area contributed by atoms with Crippen molar-refractivity contribution >= 4 is 5.78 Å². The molecular formula is C13H15NO4. The van der Waals surface area contributed by atoms with Gasteiger partial charge in [-0.3, -0.25) is 4.79 Å². The highest BCUT2D eigenvalue weighted by Gasteiger charge is 2.42. The van der Waals surface area contributed by atoms with Gasteiger partial charge < -0.3 is 20.3 Å². The number of piperidine rings is 1. The number of hydrogen-bond donors (Lipinski definition) is 3. The zero-order valence-corrected chi connectivity index (χ0v) is 9.90. The third-order valence-corrected chi connectivity index (χ3v) is 3.73. The third kappa shape index (κ3) is 1.62. The van der Waals surface area contributed by atoms with E-state index in [9.17, 15) is 15.0 Å². The third-order valence-electron chi connectivity index (χ3n) is 3.73. The molecule has 96 valence electrons. The van der Waals surface area contributed by atoms with Crippen molar-refractivity contribution in [2.24, 2.45) is 0 Å². The van der Waals surface area contributed by atoms with E-state index in [4.69, 9.17) is 4.74 Å². The lowest BCUT2D eigenvalue weighted by molar-refractivity contribution is 0.0164. The molecule has 0 radical (unpaired) electrons. The molecule has 0 bridgehead atoms. The summed E-state index contributed by atoms with van der Waals surface area (Å²) in [5.74, 6) is -0.493. The van der Waals surface area contributed by atoms with Crippen molar-refractivity contribution in [2.45, 2.75) is 24.9 Å². The Morgan fingerprint density at radius 2 is 1.94 bits per heavy atom. The Morgan fingerprint density at radius 3 is 2.67 bits per heavy atom. The van der Waals surface area contributed by atoms with Crippen LogP contribution in [0.2, 0.25) is 0 Å². The molecule has 0 aromatic heterocycles. The van der Waals surface area contributed by atoms with Crippen molar-refractivity contribution < 1.29 is 19.7 Å². The molecule has 1 fully saturated rings. The van der Waals surface area contributed by atoms with Crippen molar-refractivity contribution in [3.05, 3.63) is 17.7 Å². The predicted octanol–water partition coefficient (Wildman–Crippen LogP) is 1.19. The Balaban J connectivity index is 2.05. The van der Waals surface area contributed by atoms with Crippen LogP contribution in [0, 0.1) is 0 Å². The minimum atomic E-state index is -0.527. The lowest BCUT2D eigenvalue weighted by Gasteiger charge is -2.40. The lowest BCUT2D eigenvalue weighted by atomic mass is 9.83. The van der Waals surface area contributed by atoms with Gasteiger partial charge in [0.05, 0.1) is 12.0 Å². The maximum Gasteiger partial charge on any atom is 0.201 e. The van der Waals surface area contributed by atoms with Gasteiger partial charge in [-0.1, -0.05) is 0 Å². The number of hydrogen-bond acceptors (Lipinski definition) is 5. The summed E-state index contributed by atoms with van der Waals surface area (Å²) in [6, 6.07) is 2.82. The summed E-state index contributed by atoms with van der Waals surface area (Å²) in [6.45, 7) is 1.59. The average Bonchev–Trinajstić information content (AvgIpc) is 2.35. The number of ketones is 1. The number of rotatable bonds is 0. The fourth-order valence-corrected chi connectivity index (χ4v) is 2.69. The van der Waals surface area contributed by atoms with Gasteiger partial charge in [-0.25, -0.2) is 0 Å². The Hall–Kier alpha value is -1.75. The minimum absolute atomic E-state index is 0.0338. The fourth-order valence-electron chi connectivity index (χ4n) is 2.69. The summed E-state index contributed by atoms with van der Waals surface area (Å²) in [5.41, 5.74) is -0.171. The topological polar surface area (TPSA) is 78.8 Å². The van der Waals surface area contributed by atoms with Crippen LogP contribution in [0.4, 0.5) is 0 Å². The highest BCUT2D eigenvalue weighted by atomic mass is 16.5. The Labute approximate surface area is 104 Å². The summed E-state index contributed by atoms with van der Waals surface area (Å²) < 4.78 is 5.87. The second-order valence-corrected chi connectivity index (χ2v) is 4.95. The average molecular weight is 249 g/mol. The van der Waals surface area contributed by atoms with Gasteiger partial charge in [0.1, 0.15) is 5.60 Å². The minimum Gasteiger partial charge on any atom is -0.504 e. The second-order valence-electron chi connectivity index (χ2n) is 4.95. The maximum absolute atomic E-state index is 12.1. The van der Waals surface area contributed by atoms with E-state index >= 15 is 0 Å². The number of fused-ring (bicyclic) bond motifs is 1. The van der Waals surface area contributed by atoms with E-state index in [1.807, 2.05) is 0 Å². The van der Waals surface area contributed by atoms with Crippen LogP contribution in [0.3, 0.4) is 0 Å². The molecule has 1 saturated heterocycles. The molecular weight excluding hydrogens is 234 g/mol. The Kier molecular flexibility index (Phi) is 2.45. The molecule has 1 spiro atoms. The Morgan fingerprint density at radius 1 is 1.22 bits per heavy atom. The van der Waals surface area contributed by atoms with Crippen LogP contribution in [0.1, 0.15) is 29.6 Å². The largest absolute Gasteiger partial charge is 0.504 e. The molecule has 2 aliphatic heterocycles. The summed E-state index contributed by atoms with van der Waals surface area (Å²) in [6.07, 6.45) is 1.80. The summed E-state index contributed by atoms with van der Waals surface area (Å²) >= 11 is 0. The normalized spacial score (nSPS) is 21.4. The molecule has 0 unspecified atom stereocenters. The smallest absolute Gasteiger partial charge is 0.201 e. The molecule has 1 aromatic rings. The van der Waals surface area contributed by atoms with Crippen molar-refractivity contribution in [1.29, 1.82) is 0 Å². The van der Waals surface area contributed by atoms with Crippen LogP contribution in [0.25, 0.3) is 0 Å². The number of benzene rings is 1. The molecule has 0 saturated carbocycles. The standard InChI is InChI=1S/C13H15NO4/c15-9-2-1-8-10(16)7-13(3-5-14-6-4-13)18-12(8)11(9)17/h1-2,14-15,17H,3-7H2. The molecule has 2 heterocycles. The van der Waals surface area contributed by atoms with Gasteiger partial charge in [-0.15, -0.1) is 0 Å². The Bertz CT molecular complexity index is 506. The van der Waals surface area contributed by atoms with E-state index in [2.05, 4.69) is 5.32 Å². The van der Waals surface area contributed by atoms with Crippen molar-refractivity contribution in [3.63, 3.8) is 0 Å². The van der Waals surface area contributed by atoms with Crippen LogP contribution in [-0.2, 0) is 0 Å². The number of aromatic hydroxyl groups is 2. The summed E-state index contributed by atoms with van der Waals surface area (Å²) in [7, 11) is 0. The number of ether oxygens (including phenoxy) is 1. The number of phenolic OH excluding ortho intramolecular Hbond substituents is 2. The predicted molar refractivity (Wildman–Crippen MR) is 64.2 cm³/mol. The number of phenols is 2. The monoisotopic (exact) mass is 249 g/mol. The van der Waals surface area contributed by atoms with Crippen LogP contribution >= 0.6 is 0 Å². The molecule has 2 aliphatic rings. The number of carbonyl (C=O) groups is 1. The quantitative estimate of drug-likeness (QED) is 0.602. The van der Waals surface area contributed by atoms with Gasteiger partial charge in [-0.05, 0) is 25.2 Å². The first-order valence-corrected chi connectivity index (χ1v) is 6.09. The van der Waals surface area contributed by atoms with Gasteiger partial charge >= 0.3 is 0 Å². The van der Waals surface area contributed by atoms with Crippen LogP contribution < -0.4 is 10.1 Å². The van der Waals surface area contributed by atoms with E-state index < -0.39 is 5.60 Å². The summed E-state index contributed by atoms with van der Waals surface area (Å²) in [5, 5.41) is 22.5. The first kappa shape index (κ1) is 11.3. The first-order valence-electron chi connectivity index (χ1n) is 6.09. The molecule has 0 aliphatic carbocycles. The van der Waals surface area contributed by atoms with Gasteiger partial charge in [0.15, 0.2) is 17.3 Å². The molecule has 3 N–H and O–H groups in total. The molecule has 1 aromatic carbocycles. The van der Waals surface area contributed by atoms with Crippen molar-refractivity contribution in [1.82, 2.24) is 5.32 Å². The van der Waals surface area contributed by atoms with E-state index in [-0.39, 0.29) is 23.0 Å². The van der Waals surface area contributed by atoms with Crippen molar-refractivity contribution in [3.8, 4) is 17.2 Å². The van der Waals surface area contributed by atoms with Gasteiger partial charge in [0.25, 0.3) is 0 Å². The second kappa shape index (κ2) is 3.88. The molecule has 5 nitrogen and oxygen atoms in total. The van der Waals surface area contributed by atoms with Crippen LogP contribution in [-0.4, -0.2) is 34.7 Å². The number of Topliss-reactive ketones (excluding diaryl/α,β-unsaturated/α-hetero) is 1. The van der Waals surface area contributed by atoms with E-state index in [0.717, 1.165) is 25.9 Å². The number of carbonyl (C=O) groups excluding carboxylic acids is 1. The zero-order valence-electron chi connectivity index (χ0n) is 9.90. The highest BCUT2D eigenvalue weighted by Crippen LogP contribution is 2.46. The summed E-state index contributed by atoms with van der Waals surface area (Å²) in [4.78, 5) is 12.1. The fraction of sp³-hybridized carbons (Fsp3) is 0.462. The van der Waals surface area contributed by atoms with Gasteiger partial charge in [0.2, 0.25) is 5.75 Å². The van der Waals surface area contributed by atoms with E-state index in [1.165, 1.54) is 12.1 Å². The number of nitrogens with one attached hydrogen (secondary N) is 1. The molecule has 0 amide bonds. The zero-order chi connectivity index (χ0) is 12.8. The first-order chi connectivity index (χ1) is 8.61. The van der Waals surface area contributed by atoms with Crippen LogP contribution in [0.15, 0.2) is 12.1 Å². The maximum atomic E-state index is 12.1. The van der Waals surface area contributed by atoms with Crippen LogP contribution in [0.5, 0.6) is 17.2 Å². The molecule has 18 heavy (non-hydrogen) atoms. The SMILES string of the molecule is O=C1CC2(CCNCC2)Oc2c1ccc(O)c2O. The molecule has 3 rings (SSSR count). The molecule has 5 heteroatoms. The van der Waals surface area contributed by atoms with Gasteiger partial charge in [0, 0.05) is 12.8 Å².